The predicted molar refractivity (Wildman–Crippen MR) is 86.3 cm³/mol. The molecule has 0 amide bonds. The maximum atomic E-state index is 12.6. The van der Waals surface area contributed by atoms with Crippen LogP contribution in [0.3, 0.4) is 0 Å². The zero-order valence-corrected chi connectivity index (χ0v) is 16.7. The molecule has 1 N–H and O–H groups in total. The molecule has 2 atom stereocenters. The van der Waals surface area contributed by atoms with E-state index in [2.05, 4.69) is 6.58 Å². The minimum absolute atomic E-state index is 0. The van der Waals surface area contributed by atoms with Gasteiger partial charge in [-0.2, -0.15) is 0 Å². The Morgan fingerprint density at radius 2 is 2.12 bits per heavy atom. The third-order valence-electron chi connectivity index (χ3n) is 5.09. The van der Waals surface area contributed by atoms with Crippen molar-refractivity contribution in [3.8, 4) is 11.5 Å². The van der Waals surface area contributed by atoms with Crippen LogP contribution in [0.1, 0.15) is 31.2 Å². The minimum atomic E-state index is -0.850. The molecule has 0 saturated heterocycles. The fourth-order valence-electron chi connectivity index (χ4n) is 3.83. The number of fused-ring (bicyclic) bond motifs is 1. The van der Waals surface area contributed by atoms with Gasteiger partial charge in [-0.25, -0.2) is 0 Å². The van der Waals surface area contributed by atoms with Gasteiger partial charge in [-0.15, -0.1) is 12.5 Å². The molecule has 0 aliphatic heterocycles. The molecule has 1 radical (unpaired) electrons. The summed E-state index contributed by atoms with van der Waals surface area (Å²) in [6, 6.07) is 5.04. The van der Waals surface area contributed by atoms with Crippen LogP contribution in [0.5, 0.6) is 11.5 Å². The van der Waals surface area contributed by atoms with Gasteiger partial charge in [0.2, 0.25) is 0 Å². The summed E-state index contributed by atoms with van der Waals surface area (Å²) in [5.74, 6) is 0.648. The summed E-state index contributed by atoms with van der Waals surface area (Å²) in [7, 11) is 1.48. The van der Waals surface area contributed by atoms with Crippen molar-refractivity contribution in [3.05, 3.63) is 54.0 Å². The van der Waals surface area contributed by atoms with Crippen molar-refractivity contribution in [2.24, 2.45) is 5.41 Å². The Morgan fingerprint density at radius 3 is 2.75 bits per heavy atom. The number of ether oxygens (including phenoxy) is 1. The van der Waals surface area contributed by atoms with Crippen LogP contribution in [0.25, 0.3) is 0 Å². The van der Waals surface area contributed by atoms with Gasteiger partial charge in [-0.1, -0.05) is 31.1 Å². The molecule has 4 nitrogen and oxygen atoms in total. The van der Waals surface area contributed by atoms with E-state index in [4.69, 9.17) is 4.74 Å². The Hall–Kier alpha value is -1.39. The van der Waals surface area contributed by atoms with Crippen LogP contribution in [0.4, 0.5) is 0 Å². The first kappa shape index (κ1) is 18.9. The summed E-state index contributed by atoms with van der Waals surface area (Å²) in [5.41, 5.74) is 0.901. The monoisotopic (exact) mass is 400 g/mol. The number of ketones is 2. The second-order valence-corrected chi connectivity index (χ2v) is 6.18. The summed E-state index contributed by atoms with van der Waals surface area (Å²) >= 11 is 0. The molecule has 0 aromatic heterocycles. The van der Waals surface area contributed by atoms with Crippen LogP contribution >= 0.6 is 0 Å². The number of carbonyl (C=O) groups excluding carboxylic acids is 2. The third kappa shape index (κ3) is 2.66. The number of rotatable bonds is 3. The number of Topliss-reactive ketones (excluding diaryl/α,β-unsaturated/α-hetero) is 2. The molecule has 1 aromatic carbocycles. The van der Waals surface area contributed by atoms with E-state index in [1.807, 2.05) is 13.0 Å². The molecule has 0 spiro atoms. The van der Waals surface area contributed by atoms with E-state index in [1.165, 1.54) is 7.11 Å². The van der Waals surface area contributed by atoms with Gasteiger partial charge in [0.05, 0.1) is 7.11 Å². The number of carbonyl (C=O) groups is 2. The van der Waals surface area contributed by atoms with Crippen LogP contribution in [-0.4, -0.2) is 23.8 Å². The van der Waals surface area contributed by atoms with Gasteiger partial charge >= 0.3 is 0 Å². The second kappa shape index (κ2) is 6.85. The van der Waals surface area contributed by atoms with Crippen molar-refractivity contribution in [3.63, 3.8) is 0 Å². The molecule has 0 bridgehead atoms. The second-order valence-electron chi connectivity index (χ2n) is 6.18. The van der Waals surface area contributed by atoms with Crippen LogP contribution in [0.2, 0.25) is 0 Å². The molecule has 3 rings (SSSR count). The van der Waals surface area contributed by atoms with Crippen LogP contribution < -0.4 is 4.74 Å². The number of allylic oxidation sites excluding steroid dienone is 3. The smallest absolute Gasteiger partial charge is 0.160 e. The first-order valence-electron chi connectivity index (χ1n) is 7.55. The Kier molecular flexibility index (Phi) is 5.41. The van der Waals surface area contributed by atoms with E-state index in [1.54, 1.807) is 24.3 Å². The van der Waals surface area contributed by atoms with Crippen molar-refractivity contribution in [2.45, 2.75) is 25.7 Å². The molecular formula is C19H19O4Y-. The largest absolute Gasteiger partial charge is 0.504 e. The first-order valence-corrected chi connectivity index (χ1v) is 7.55. The summed E-state index contributed by atoms with van der Waals surface area (Å²) in [6.45, 7) is 5.70. The Labute approximate surface area is 166 Å². The normalized spacial score (nSPS) is 25.7. The van der Waals surface area contributed by atoms with Crippen molar-refractivity contribution >= 4 is 11.6 Å². The molecule has 123 valence electrons. The molecule has 0 heterocycles. The van der Waals surface area contributed by atoms with E-state index < -0.39 is 5.41 Å². The topological polar surface area (TPSA) is 63.6 Å². The first-order chi connectivity index (χ1) is 10.9. The number of phenolic OH excluding ortho intramolecular Hbond substituents is 1. The Bertz CT molecular complexity index is 737. The van der Waals surface area contributed by atoms with Gasteiger partial charge in [0.25, 0.3) is 0 Å². The van der Waals surface area contributed by atoms with Crippen LogP contribution in [0.15, 0.2) is 42.5 Å². The molecule has 1 saturated carbocycles. The summed E-state index contributed by atoms with van der Waals surface area (Å²) in [5, 5.41) is 9.82. The summed E-state index contributed by atoms with van der Waals surface area (Å²) in [6.07, 6.45) is 4.16. The molecule has 5 heteroatoms. The fourth-order valence-corrected chi connectivity index (χ4v) is 3.83. The van der Waals surface area contributed by atoms with E-state index in [9.17, 15) is 14.7 Å². The zero-order chi connectivity index (χ0) is 16.8. The number of hydrogen-bond acceptors (Lipinski definition) is 4. The zero-order valence-electron chi connectivity index (χ0n) is 13.8. The quantitative estimate of drug-likeness (QED) is 0.626. The average molecular weight is 400 g/mol. The fraction of sp³-hybridized carbons (Fsp3) is 0.316. The third-order valence-corrected chi connectivity index (χ3v) is 5.09. The number of aromatic hydroxyl groups is 1. The van der Waals surface area contributed by atoms with Gasteiger partial charge in [0, 0.05) is 44.9 Å². The number of hydrogen-bond donors (Lipinski definition) is 1. The molecular weight excluding hydrogens is 381 g/mol. The standard InChI is InChI=1S/C19H19O4.Y/c1-4-11-5-7-13-15(21)10-17(22)19(13,2)18(11)12-6-8-14(20)16(9-12)23-3;/h4-6,8-9,18,20H,1,7,10H2,2-3H3;/q-1;. The summed E-state index contributed by atoms with van der Waals surface area (Å²) < 4.78 is 5.18. The molecule has 2 unspecified atom stereocenters. The van der Waals surface area contributed by atoms with Gasteiger partial charge in [0.1, 0.15) is 5.78 Å². The van der Waals surface area contributed by atoms with Crippen LogP contribution in [0, 0.1) is 11.3 Å². The average Bonchev–Trinajstić information content (AvgIpc) is 2.76. The predicted octanol–water partition coefficient (Wildman–Crippen LogP) is 3.12. The van der Waals surface area contributed by atoms with Crippen molar-refractivity contribution in [1.82, 2.24) is 0 Å². The molecule has 2 aliphatic rings. The molecule has 24 heavy (non-hydrogen) atoms. The van der Waals surface area contributed by atoms with Crippen molar-refractivity contribution in [1.29, 1.82) is 0 Å². The van der Waals surface area contributed by atoms with Crippen molar-refractivity contribution in [2.75, 3.05) is 7.11 Å². The Morgan fingerprint density at radius 1 is 1.42 bits per heavy atom. The summed E-state index contributed by atoms with van der Waals surface area (Å²) in [4.78, 5) is 24.8. The molecule has 1 aromatic rings. The van der Waals surface area contributed by atoms with Gasteiger partial charge in [-0.3, -0.25) is 5.92 Å². The maximum Gasteiger partial charge on any atom is 0.160 e. The van der Waals surface area contributed by atoms with Gasteiger partial charge in [0.15, 0.2) is 11.5 Å². The van der Waals surface area contributed by atoms with Gasteiger partial charge in [-0.05, 0) is 29.2 Å². The Balaban J connectivity index is 0.00000208. The van der Waals surface area contributed by atoms with Crippen LogP contribution in [-0.2, 0) is 42.3 Å². The van der Waals surface area contributed by atoms with E-state index in [0.717, 1.165) is 11.1 Å². The minimum Gasteiger partial charge on any atom is -0.504 e. The number of benzene rings is 1. The van der Waals surface area contributed by atoms with E-state index in [-0.39, 0.29) is 62.4 Å². The molecule has 1 fully saturated rings. The van der Waals surface area contributed by atoms with Gasteiger partial charge < -0.3 is 19.4 Å². The maximum absolute atomic E-state index is 12.6. The van der Waals surface area contributed by atoms with E-state index in [0.29, 0.717) is 18.1 Å². The number of methoxy groups -OCH3 is 1. The van der Waals surface area contributed by atoms with Crippen molar-refractivity contribution < 1.29 is 52.1 Å². The SMILES string of the molecule is C=CC1=CC[C-]2C(=O)CC(=O)C2(C)C1c1ccc(O)c(OC)c1.[Y]. The molecule has 2 aliphatic carbocycles. The van der Waals surface area contributed by atoms with E-state index >= 15 is 0 Å². The number of phenols is 1.